The van der Waals surface area contributed by atoms with E-state index >= 15 is 0 Å². The van der Waals surface area contributed by atoms with E-state index in [1.807, 2.05) is 4.90 Å². The number of halogens is 3. The maximum atomic E-state index is 13.0. The first-order valence-electron chi connectivity index (χ1n) is 10.4. The Bertz CT molecular complexity index is 1220. The predicted molar refractivity (Wildman–Crippen MR) is 111 cm³/mol. The molecule has 3 heterocycles. The molecule has 1 fully saturated rings. The molecule has 10 nitrogen and oxygen atoms in total. The van der Waals surface area contributed by atoms with Crippen molar-refractivity contribution in [3.05, 3.63) is 41.5 Å². The van der Waals surface area contributed by atoms with Crippen LogP contribution in [0.2, 0.25) is 0 Å². The van der Waals surface area contributed by atoms with Crippen LogP contribution in [-0.2, 0) is 16.6 Å². The fraction of sp³-hybridized carbons (Fsp3) is 0.450. The lowest BCUT2D eigenvalue weighted by atomic mass is 10.2. The van der Waals surface area contributed by atoms with Crippen LogP contribution in [0.4, 0.5) is 13.2 Å². The number of rotatable bonds is 6. The monoisotopic (exact) mass is 501 g/mol. The topological polar surface area (TPSA) is 115 Å². The first-order valence-corrected chi connectivity index (χ1v) is 11.8. The summed E-state index contributed by atoms with van der Waals surface area (Å²) >= 11 is 0. The number of hydrogen-bond donors (Lipinski definition) is 0. The molecular weight excluding hydrogens is 479 g/mol. The van der Waals surface area contributed by atoms with E-state index < -0.39 is 22.1 Å². The average molecular weight is 501 g/mol. The highest BCUT2D eigenvalue weighted by molar-refractivity contribution is 7.89. The van der Waals surface area contributed by atoms with Crippen molar-refractivity contribution in [1.82, 2.24) is 24.5 Å². The predicted octanol–water partition coefficient (Wildman–Crippen LogP) is 3.14. The fourth-order valence-corrected chi connectivity index (χ4v) is 5.19. The average Bonchev–Trinajstić information content (AvgIpc) is 3.25. The van der Waals surface area contributed by atoms with Crippen LogP contribution in [0.15, 0.2) is 38.2 Å². The van der Waals surface area contributed by atoms with Crippen molar-refractivity contribution in [2.75, 3.05) is 26.2 Å². The van der Waals surface area contributed by atoms with E-state index in [0.717, 1.165) is 24.3 Å². The van der Waals surface area contributed by atoms with Crippen molar-refractivity contribution in [3.8, 4) is 17.2 Å². The lowest BCUT2D eigenvalue weighted by molar-refractivity contribution is -0.274. The van der Waals surface area contributed by atoms with Crippen molar-refractivity contribution < 1.29 is 35.4 Å². The second-order valence-electron chi connectivity index (χ2n) is 7.77. The van der Waals surface area contributed by atoms with Crippen LogP contribution >= 0.6 is 0 Å². The minimum Gasteiger partial charge on any atom is -0.406 e. The fourth-order valence-electron chi connectivity index (χ4n) is 3.72. The zero-order valence-electron chi connectivity index (χ0n) is 18.4. The molecule has 4 rings (SSSR count). The highest BCUT2D eigenvalue weighted by atomic mass is 32.2. The minimum atomic E-state index is -4.85. The summed E-state index contributed by atoms with van der Waals surface area (Å²) < 4.78 is 78.6. The summed E-state index contributed by atoms with van der Waals surface area (Å²) in [6.45, 7) is 5.40. The number of sulfonamides is 1. The molecule has 1 aromatic carbocycles. The van der Waals surface area contributed by atoms with Crippen LogP contribution in [0.5, 0.6) is 5.75 Å². The van der Waals surface area contributed by atoms with Crippen molar-refractivity contribution in [3.63, 3.8) is 0 Å². The highest BCUT2D eigenvalue weighted by Crippen LogP contribution is 2.27. The van der Waals surface area contributed by atoms with Gasteiger partial charge in [0.05, 0.1) is 17.1 Å². The zero-order valence-corrected chi connectivity index (χ0v) is 19.2. The maximum Gasteiger partial charge on any atom is 0.573 e. The summed E-state index contributed by atoms with van der Waals surface area (Å²) in [4.78, 5) is 6.32. The van der Waals surface area contributed by atoms with Crippen LogP contribution in [0, 0.1) is 13.8 Å². The Morgan fingerprint density at radius 2 is 1.76 bits per heavy atom. The Balaban J connectivity index is 1.39. The summed E-state index contributed by atoms with van der Waals surface area (Å²) in [5, 5.41) is 7.88. The van der Waals surface area contributed by atoms with Gasteiger partial charge >= 0.3 is 6.36 Å². The van der Waals surface area contributed by atoms with Gasteiger partial charge in [-0.3, -0.25) is 4.90 Å². The highest BCUT2D eigenvalue weighted by Gasteiger charge is 2.32. The van der Waals surface area contributed by atoms with Crippen LogP contribution in [0.1, 0.15) is 23.7 Å². The quantitative estimate of drug-likeness (QED) is 0.502. The van der Waals surface area contributed by atoms with Crippen LogP contribution in [-0.4, -0.2) is 65.5 Å². The number of hydrogen-bond acceptors (Lipinski definition) is 9. The molecule has 1 aliphatic rings. The third-order valence-electron chi connectivity index (χ3n) is 5.32. The van der Waals surface area contributed by atoms with E-state index in [4.69, 9.17) is 9.05 Å². The Hall–Kier alpha value is -2.97. The molecule has 1 aliphatic heterocycles. The maximum absolute atomic E-state index is 13.0. The van der Waals surface area contributed by atoms with E-state index in [0.29, 0.717) is 54.8 Å². The van der Waals surface area contributed by atoms with Gasteiger partial charge in [0, 0.05) is 19.6 Å². The normalized spacial score (nSPS) is 16.5. The van der Waals surface area contributed by atoms with Crippen LogP contribution in [0.3, 0.4) is 0 Å². The molecule has 0 amide bonds. The van der Waals surface area contributed by atoms with E-state index in [-0.39, 0.29) is 18.0 Å². The summed E-state index contributed by atoms with van der Waals surface area (Å²) in [7, 11) is -3.87. The van der Waals surface area contributed by atoms with Crippen LogP contribution < -0.4 is 4.74 Å². The standard InChI is InChI=1S/C20H22F3N5O5S/c1-13-18(14(2)32-25-13)19-24-17(26-33-19)12-27-8-3-9-28(11-10-27)34(29,30)16-6-4-15(5-7-16)31-20(21,22)23/h4-7H,3,8-12H2,1-2H3. The molecule has 0 aliphatic carbocycles. The van der Waals surface area contributed by atoms with Gasteiger partial charge in [0.1, 0.15) is 17.1 Å². The Labute approximate surface area is 193 Å². The molecule has 14 heteroatoms. The van der Waals surface area contributed by atoms with Crippen molar-refractivity contribution in [2.45, 2.75) is 38.1 Å². The Kier molecular flexibility index (Phi) is 6.64. The summed E-state index contributed by atoms with van der Waals surface area (Å²) in [6.07, 6.45) is -4.29. The molecule has 0 N–H and O–H groups in total. The molecule has 0 bridgehead atoms. The van der Waals surface area contributed by atoms with Gasteiger partial charge in [-0.1, -0.05) is 10.3 Å². The van der Waals surface area contributed by atoms with E-state index in [1.165, 1.54) is 4.31 Å². The van der Waals surface area contributed by atoms with Gasteiger partial charge in [0.25, 0.3) is 5.89 Å². The number of benzene rings is 1. The van der Waals surface area contributed by atoms with Gasteiger partial charge in [-0.25, -0.2) is 8.42 Å². The smallest absolute Gasteiger partial charge is 0.406 e. The Morgan fingerprint density at radius 3 is 2.41 bits per heavy atom. The van der Waals surface area contributed by atoms with Gasteiger partial charge in [0.15, 0.2) is 5.82 Å². The number of aromatic nitrogens is 3. The van der Waals surface area contributed by atoms with Gasteiger partial charge in [-0.2, -0.15) is 9.29 Å². The second kappa shape index (κ2) is 9.35. The molecule has 184 valence electrons. The van der Waals surface area contributed by atoms with Crippen molar-refractivity contribution >= 4 is 10.0 Å². The summed E-state index contributed by atoms with van der Waals surface area (Å²) in [6, 6.07) is 4.18. The lowest BCUT2D eigenvalue weighted by Crippen LogP contribution is -2.35. The number of ether oxygens (including phenoxy) is 1. The van der Waals surface area contributed by atoms with Gasteiger partial charge in [-0.05, 0) is 51.1 Å². The minimum absolute atomic E-state index is 0.0993. The third-order valence-corrected chi connectivity index (χ3v) is 7.24. The van der Waals surface area contributed by atoms with Gasteiger partial charge in [0.2, 0.25) is 10.0 Å². The molecule has 0 saturated carbocycles. The molecule has 0 unspecified atom stereocenters. The van der Waals surface area contributed by atoms with Crippen molar-refractivity contribution in [1.29, 1.82) is 0 Å². The van der Waals surface area contributed by atoms with Gasteiger partial charge in [-0.15, -0.1) is 13.2 Å². The SMILES string of the molecule is Cc1noc(C)c1-c1nc(CN2CCCN(S(=O)(=O)c3ccc(OC(F)(F)F)cc3)CC2)no1. The molecular formula is C20H22F3N5O5S. The first kappa shape index (κ1) is 24.2. The number of alkyl halides is 3. The largest absolute Gasteiger partial charge is 0.573 e. The molecule has 0 atom stereocenters. The molecule has 3 aromatic rings. The second-order valence-corrected chi connectivity index (χ2v) is 9.71. The Morgan fingerprint density at radius 1 is 1.03 bits per heavy atom. The molecule has 2 aromatic heterocycles. The first-order chi connectivity index (χ1) is 16.0. The van der Waals surface area contributed by atoms with Crippen LogP contribution in [0.25, 0.3) is 11.5 Å². The molecule has 34 heavy (non-hydrogen) atoms. The van der Waals surface area contributed by atoms with E-state index in [1.54, 1.807) is 13.8 Å². The number of nitrogens with zero attached hydrogens (tertiary/aromatic N) is 5. The summed E-state index contributed by atoms with van der Waals surface area (Å²) in [5.41, 5.74) is 1.29. The lowest BCUT2D eigenvalue weighted by Gasteiger charge is -2.21. The molecule has 0 spiro atoms. The third kappa shape index (κ3) is 5.39. The molecule has 1 saturated heterocycles. The van der Waals surface area contributed by atoms with E-state index in [9.17, 15) is 21.6 Å². The zero-order chi connectivity index (χ0) is 24.5. The summed E-state index contributed by atoms with van der Waals surface area (Å²) in [5.74, 6) is 0.848. The van der Waals surface area contributed by atoms with Gasteiger partial charge < -0.3 is 13.8 Å². The number of aryl methyl sites for hydroxylation is 2. The van der Waals surface area contributed by atoms with E-state index in [2.05, 4.69) is 20.0 Å². The molecule has 0 radical (unpaired) electrons. The van der Waals surface area contributed by atoms with Crippen molar-refractivity contribution in [2.24, 2.45) is 0 Å².